The molecule has 1 atom stereocenters. The van der Waals surface area contributed by atoms with Gasteiger partial charge in [0.25, 0.3) is 0 Å². The molecule has 0 spiro atoms. The average molecular weight is 299 g/mol. The van der Waals surface area contributed by atoms with E-state index in [2.05, 4.69) is 24.4 Å². The third-order valence-corrected chi connectivity index (χ3v) is 4.02. The summed E-state index contributed by atoms with van der Waals surface area (Å²) in [6.45, 7) is 4.36. The molecular formula is C15H16F3NS. The Bertz CT molecular complexity index is 572. The molecule has 0 fully saturated rings. The first-order chi connectivity index (χ1) is 9.45. The Labute approximate surface area is 120 Å². The van der Waals surface area contributed by atoms with Crippen LogP contribution in [0, 0.1) is 24.4 Å². The van der Waals surface area contributed by atoms with E-state index in [1.54, 1.807) is 11.3 Å². The third-order valence-electron chi connectivity index (χ3n) is 3.00. The second kappa shape index (κ2) is 6.41. The molecule has 1 unspecified atom stereocenters. The van der Waals surface area contributed by atoms with Crippen molar-refractivity contribution in [3.8, 4) is 0 Å². The van der Waals surface area contributed by atoms with Crippen LogP contribution in [0.15, 0.2) is 24.3 Å². The predicted octanol–water partition coefficient (Wildman–Crippen LogP) is 4.19. The van der Waals surface area contributed by atoms with Gasteiger partial charge in [0.1, 0.15) is 0 Å². The molecule has 108 valence electrons. The first-order valence-electron chi connectivity index (χ1n) is 6.38. The molecule has 1 aromatic heterocycles. The van der Waals surface area contributed by atoms with E-state index in [1.165, 1.54) is 9.75 Å². The van der Waals surface area contributed by atoms with E-state index in [4.69, 9.17) is 0 Å². The molecule has 0 radical (unpaired) electrons. The largest absolute Gasteiger partial charge is 0.310 e. The van der Waals surface area contributed by atoms with E-state index in [-0.39, 0.29) is 6.04 Å². The van der Waals surface area contributed by atoms with Gasteiger partial charge in [-0.3, -0.25) is 0 Å². The van der Waals surface area contributed by atoms with Crippen LogP contribution in [0.25, 0.3) is 0 Å². The van der Waals surface area contributed by atoms with Crippen molar-refractivity contribution in [2.24, 2.45) is 0 Å². The number of halogens is 3. The minimum absolute atomic E-state index is 0.171. The van der Waals surface area contributed by atoms with E-state index < -0.39 is 17.5 Å². The van der Waals surface area contributed by atoms with Crippen LogP contribution in [0.5, 0.6) is 0 Å². The van der Waals surface area contributed by atoms with E-state index in [0.29, 0.717) is 12.1 Å². The van der Waals surface area contributed by atoms with Crippen LogP contribution in [0.4, 0.5) is 13.2 Å². The topological polar surface area (TPSA) is 12.0 Å². The molecule has 1 N–H and O–H groups in total. The number of thiophene rings is 1. The van der Waals surface area contributed by atoms with Gasteiger partial charge in [-0.05, 0) is 50.1 Å². The standard InChI is InChI=1S/C15H16F3NS/c1-9(5-12-4-3-10(2)20-12)19-8-11-6-13(16)15(18)14(17)7-11/h3-4,6-7,9,19H,5,8H2,1-2H3. The lowest BCUT2D eigenvalue weighted by Gasteiger charge is -2.13. The fraction of sp³-hybridized carbons (Fsp3) is 0.333. The molecule has 0 saturated heterocycles. The number of hydrogen-bond donors (Lipinski definition) is 1. The van der Waals surface area contributed by atoms with Crippen molar-refractivity contribution >= 4 is 11.3 Å². The summed E-state index contributed by atoms with van der Waals surface area (Å²) >= 11 is 1.74. The number of rotatable bonds is 5. The van der Waals surface area contributed by atoms with Gasteiger partial charge >= 0.3 is 0 Å². The normalized spacial score (nSPS) is 12.7. The fourth-order valence-corrected chi connectivity index (χ4v) is 2.99. The van der Waals surface area contributed by atoms with Gasteiger partial charge in [-0.15, -0.1) is 11.3 Å². The highest BCUT2D eigenvalue weighted by atomic mass is 32.1. The second-order valence-corrected chi connectivity index (χ2v) is 6.24. The molecule has 2 rings (SSSR count). The summed E-state index contributed by atoms with van der Waals surface area (Å²) in [5, 5.41) is 3.18. The number of aryl methyl sites for hydroxylation is 1. The van der Waals surface area contributed by atoms with Crippen molar-refractivity contribution in [3.05, 3.63) is 57.0 Å². The second-order valence-electron chi connectivity index (χ2n) is 4.87. The van der Waals surface area contributed by atoms with Crippen LogP contribution < -0.4 is 5.32 Å². The van der Waals surface area contributed by atoms with Crippen molar-refractivity contribution in [1.29, 1.82) is 0 Å². The van der Waals surface area contributed by atoms with Crippen molar-refractivity contribution in [1.82, 2.24) is 5.32 Å². The molecule has 0 aliphatic rings. The van der Waals surface area contributed by atoms with Crippen molar-refractivity contribution in [3.63, 3.8) is 0 Å². The Morgan fingerprint density at radius 3 is 2.35 bits per heavy atom. The van der Waals surface area contributed by atoms with E-state index in [9.17, 15) is 13.2 Å². The van der Waals surface area contributed by atoms with Crippen LogP contribution in [0.2, 0.25) is 0 Å². The van der Waals surface area contributed by atoms with Crippen molar-refractivity contribution < 1.29 is 13.2 Å². The van der Waals surface area contributed by atoms with Gasteiger partial charge in [0.05, 0.1) is 0 Å². The first kappa shape index (κ1) is 15.1. The number of hydrogen-bond acceptors (Lipinski definition) is 2. The predicted molar refractivity (Wildman–Crippen MR) is 75.4 cm³/mol. The molecule has 20 heavy (non-hydrogen) atoms. The van der Waals surface area contributed by atoms with Gasteiger partial charge in [-0.1, -0.05) is 0 Å². The van der Waals surface area contributed by atoms with Gasteiger partial charge in [-0.2, -0.15) is 0 Å². The Morgan fingerprint density at radius 1 is 1.15 bits per heavy atom. The van der Waals surface area contributed by atoms with Crippen LogP contribution in [0.3, 0.4) is 0 Å². The zero-order chi connectivity index (χ0) is 14.7. The molecule has 0 saturated carbocycles. The summed E-state index contributed by atoms with van der Waals surface area (Å²) in [5.74, 6) is -3.72. The molecule has 1 nitrogen and oxygen atoms in total. The third kappa shape index (κ3) is 3.84. The van der Waals surface area contributed by atoms with Gasteiger partial charge in [0, 0.05) is 22.3 Å². The van der Waals surface area contributed by atoms with Crippen molar-refractivity contribution in [2.45, 2.75) is 32.9 Å². The van der Waals surface area contributed by atoms with Crippen molar-refractivity contribution in [2.75, 3.05) is 0 Å². The SMILES string of the molecule is Cc1ccc(CC(C)NCc2cc(F)c(F)c(F)c2)s1. The molecular weight excluding hydrogens is 283 g/mol. The average Bonchev–Trinajstić information content (AvgIpc) is 2.78. The lowest BCUT2D eigenvalue weighted by Crippen LogP contribution is -2.27. The van der Waals surface area contributed by atoms with Crippen LogP contribution in [-0.4, -0.2) is 6.04 Å². The molecule has 0 bridgehead atoms. The fourth-order valence-electron chi connectivity index (χ4n) is 1.97. The zero-order valence-electron chi connectivity index (χ0n) is 11.3. The monoisotopic (exact) mass is 299 g/mol. The zero-order valence-corrected chi connectivity index (χ0v) is 12.2. The Balaban J connectivity index is 1.91. The Hall–Kier alpha value is -1.33. The highest BCUT2D eigenvalue weighted by molar-refractivity contribution is 7.11. The maximum Gasteiger partial charge on any atom is 0.194 e. The van der Waals surface area contributed by atoms with Crippen LogP contribution in [-0.2, 0) is 13.0 Å². The molecule has 1 aromatic carbocycles. The lowest BCUT2D eigenvalue weighted by molar-refractivity contribution is 0.443. The van der Waals surface area contributed by atoms with E-state index >= 15 is 0 Å². The van der Waals surface area contributed by atoms with E-state index in [1.807, 2.05) is 6.92 Å². The summed E-state index contributed by atoms with van der Waals surface area (Å²) in [7, 11) is 0. The molecule has 0 aliphatic heterocycles. The maximum absolute atomic E-state index is 13.1. The van der Waals surface area contributed by atoms with Gasteiger partial charge in [0.15, 0.2) is 17.5 Å². The Morgan fingerprint density at radius 2 is 1.80 bits per heavy atom. The summed E-state index contributed by atoms with van der Waals surface area (Å²) in [5.41, 5.74) is 0.399. The smallest absolute Gasteiger partial charge is 0.194 e. The molecule has 1 heterocycles. The summed E-state index contributed by atoms with van der Waals surface area (Å²) < 4.78 is 39.0. The summed E-state index contributed by atoms with van der Waals surface area (Å²) in [4.78, 5) is 2.52. The summed E-state index contributed by atoms with van der Waals surface area (Å²) in [6.07, 6.45) is 0.852. The quantitative estimate of drug-likeness (QED) is 0.816. The first-order valence-corrected chi connectivity index (χ1v) is 7.19. The minimum Gasteiger partial charge on any atom is -0.310 e. The van der Waals surface area contributed by atoms with Gasteiger partial charge in [0.2, 0.25) is 0 Å². The van der Waals surface area contributed by atoms with Gasteiger partial charge < -0.3 is 5.32 Å². The number of nitrogens with one attached hydrogen (secondary N) is 1. The lowest BCUT2D eigenvalue weighted by atomic mass is 10.1. The minimum atomic E-state index is -1.42. The number of benzene rings is 1. The van der Waals surface area contributed by atoms with Crippen LogP contribution >= 0.6 is 11.3 Å². The van der Waals surface area contributed by atoms with Crippen LogP contribution in [0.1, 0.15) is 22.2 Å². The molecule has 2 aromatic rings. The molecule has 5 heteroatoms. The highest BCUT2D eigenvalue weighted by Crippen LogP contribution is 2.17. The Kier molecular flexibility index (Phi) is 4.83. The maximum atomic E-state index is 13.1. The molecule has 0 aliphatic carbocycles. The highest BCUT2D eigenvalue weighted by Gasteiger charge is 2.11. The summed E-state index contributed by atoms with van der Waals surface area (Å²) in [6, 6.07) is 6.36. The van der Waals surface area contributed by atoms with E-state index in [0.717, 1.165) is 18.6 Å². The molecule has 0 amide bonds. The van der Waals surface area contributed by atoms with Gasteiger partial charge in [-0.25, -0.2) is 13.2 Å².